The maximum Gasteiger partial charge on any atom is 0.174 e. The molecule has 2 aliphatic heterocycles. The molecule has 9 rings (SSSR count). The summed E-state index contributed by atoms with van der Waals surface area (Å²) in [6, 6.07) is 50.0. The summed E-state index contributed by atoms with van der Waals surface area (Å²) in [5.41, 5.74) is 12.7. The Morgan fingerprint density at radius 2 is 1.06 bits per heavy atom. The van der Waals surface area contributed by atoms with Crippen molar-refractivity contribution in [1.82, 2.24) is 19.9 Å². The molecule has 8 heteroatoms. The standard InChI is InChI=1S/C44H30N4O3S/c49-52(50)51-44-37-27-35-24-22-33(46-35)25-32-21-23-34(45-32)26-36-38(28-13-5-1-6-14-28)39(29-15-7-2-8-16-29)42(47-36)40(30-17-9-3-10-18-30)43(48-37)41(44)31-19-11-4-12-20-31/h1-27,46-47H,(H,49,50)/p-1. The lowest BCUT2D eigenvalue weighted by Gasteiger charge is -2.14. The minimum Gasteiger partial charge on any atom is -0.740 e. The van der Waals surface area contributed by atoms with Crippen LogP contribution < -0.4 is 0 Å². The third-order valence-electron chi connectivity index (χ3n) is 9.15. The molecule has 2 N–H and O–H groups in total. The molecule has 250 valence electrons. The Balaban J connectivity index is 1.57. The Morgan fingerprint density at radius 1 is 0.538 bits per heavy atom. The summed E-state index contributed by atoms with van der Waals surface area (Å²) in [7, 11) is 0. The highest BCUT2D eigenvalue weighted by atomic mass is 32.2. The van der Waals surface area contributed by atoms with Gasteiger partial charge in [0, 0.05) is 33.2 Å². The number of hydrogen-bond donors (Lipinski definition) is 2. The number of rotatable bonds is 6. The molecule has 0 saturated heterocycles. The summed E-state index contributed by atoms with van der Waals surface area (Å²) in [6.45, 7) is 0. The molecule has 3 aromatic heterocycles. The fourth-order valence-electron chi connectivity index (χ4n) is 6.99. The molecule has 7 aromatic rings. The fraction of sp³-hybridized carbons (Fsp3) is 0. The van der Waals surface area contributed by atoms with E-state index in [4.69, 9.17) is 14.2 Å². The van der Waals surface area contributed by atoms with Crippen LogP contribution in [0.25, 0.3) is 78.9 Å². The second-order valence-electron chi connectivity index (χ2n) is 12.4. The summed E-state index contributed by atoms with van der Waals surface area (Å²) < 4.78 is 30.5. The zero-order valence-electron chi connectivity index (χ0n) is 27.6. The molecule has 4 aromatic carbocycles. The maximum absolute atomic E-state index is 12.4. The van der Waals surface area contributed by atoms with Crippen LogP contribution in [0, 0.1) is 0 Å². The Hall–Kier alpha value is -6.61. The van der Waals surface area contributed by atoms with Gasteiger partial charge in [-0.2, -0.15) is 0 Å². The van der Waals surface area contributed by atoms with Gasteiger partial charge >= 0.3 is 0 Å². The summed E-state index contributed by atoms with van der Waals surface area (Å²) in [5, 5.41) is 0. The lowest BCUT2D eigenvalue weighted by molar-refractivity contribution is 0.422. The minimum atomic E-state index is -2.88. The van der Waals surface area contributed by atoms with Gasteiger partial charge in [-0.3, -0.25) is 0 Å². The average Bonchev–Trinajstić information content (AvgIpc) is 3.97. The highest BCUT2D eigenvalue weighted by molar-refractivity contribution is 7.74. The summed E-state index contributed by atoms with van der Waals surface area (Å²) in [4.78, 5) is 17.5. The Bertz CT molecular complexity index is 2720. The van der Waals surface area contributed by atoms with Crippen LogP contribution in [-0.2, 0) is 15.5 Å². The Morgan fingerprint density at radius 3 is 1.65 bits per heavy atom. The second-order valence-corrected chi connectivity index (χ2v) is 13.0. The molecule has 0 radical (unpaired) electrons. The second kappa shape index (κ2) is 13.3. The monoisotopic (exact) mass is 693 g/mol. The van der Waals surface area contributed by atoms with Crippen molar-refractivity contribution >= 4 is 56.9 Å². The van der Waals surface area contributed by atoms with Gasteiger partial charge in [0.15, 0.2) is 5.76 Å². The first-order chi connectivity index (χ1) is 25.6. The zero-order chi connectivity index (χ0) is 35.0. The van der Waals surface area contributed by atoms with E-state index in [1.807, 2.05) is 133 Å². The van der Waals surface area contributed by atoms with Gasteiger partial charge in [-0.05, 0) is 64.7 Å². The molecule has 0 fully saturated rings. The SMILES string of the molecule is O=S([O-])OC1=C(c2ccccc2)c2nc1cc1ccc(cc3nc(cc4[nH]c(c2-c2ccccc2)c(-c2ccccc2)c4-c2ccccc2)C=C3)[nH]1. The predicted octanol–water partition coefficient (Wildman–Crippen LogP) is 10.2. The lowest BCUT2D eigenvalue weighted by atomic mass is 9.91. The van der Waals surface area contributed by atoms with Crippen LogP contribution in [0.15, 0.2) is 152 Å². The van der Waals surface area contributed by atoms with Gasteiger partial charge in [-0.1, -0.05) is 121 Å². The number of benzene rings is 4. The highest BCUT2D eigenvalue weighted by Gasteiger charge is 2.29. The fourth-order valence-corrected chi connectivity index (χ4v) is 7.30. The van der Waals surface area contributed by atoms with Crippen molar-refractivity contribution in [3.05, 3.63) is 180 Å². The van der Waals surface area contributed by atoms with Crippen LogP contribution >= 0.6 is 0 Å². The normalized spacial score (nSPS) is 12.9. The van der Waals surface area contributed by atoms with E-state index in [-0.39, 0.29) is 5.76 Å². The summed E-state index contributed by atoms with van der Waals surface area (Å²) in [6.07, 6.45) is 4.01. The number of hydrogen-bond acceptors (Lipinski definition) is 5. The molecule has 0 amide bonds. The largest absolute Gasteiger partial charge is 0.740 e. The number of aromatic amines is 2. The molecule has 1 unspecified atom stereocenters. The average molecular weight is 694 g/mol. The van der Waals surface area contributed by atoms with Gasteiger partial charge in [0.25, 0.3) is 0 Å². The van der Waals surface area contributed by atoms with Crippen LogP contribution in [0.2, 0.25) is 0 Å². The molecule has 7 nitrogen and oxygen atoms in total. The maximum atomic E-state index is 12.4. The van der Waals surface area contributed by atoms with E-state index >= 15 is 0 Å². The molecular weight excluding hydrogens is 665 g/mol. The van der Waals surface area contributed by atoms with Crippen molar-refractivity contribution in [3.8, 4) is 33.4 Å². The summed E-state index contributed by atoms with van der Waals surface area (Å²) in [5.74, 6) is 0.136. The van der Waals surface area contributed by atoms with E-state index in [0.717, 1.165) is 72.4 Å². The number of H-pyrrole nitrogens is 2. The van der Waals surface area contributed by atoms with E-state index in [2.05, 4.69) is 40.3 Å². The molecule has 5 heterocycles. The summed E-state index contributed by atoms with van der Waals surface area (Å²) >= 11 is -2.88. The lowest BCUT2D eigenvalue weighted by Crippen LogP contribution is -1.98. The molecule has 2 aliphatic rings. The Labute approximate surface area is 302 Å². The van der Waals surface area contributed by atoms with E-state index in [9.17, 15) is 8.76 Å². The van der Waals surface area contributed by atoms with Crippen LogP contribution in [0.3, 0.4) is 0 Å². The van der Waals surface area contributed by atoms with E-state index in [1.54, 1.807) is 0 Å². The number of fused-ring (bicyclic) bond motifs is 8. The quantitative estimate of drug-likeness (QED) is 0.169. The molecule has 0 aliphatic carbocycles. The van der Waals surface area contributed by atoms with Crippen molar-refractivity contribution < 1.29 is 12.9 Å². The first-order valence-corrected chi connectivity index (χ1v) is 17.8. The van der Waals surface area contributed by atoms with Gasteiger partial charge in [0.2, 0.25) is 0 Å². The van der Waals surface area contributed by atoms with E-state index in [1.165, 1.54) is 0 Å². The molecular formula is C44H29N4O3S-. The van der Waals surface area contributed by atoms with E-state index < -0.39 is 11.4 Å². The van der Waals surface area contributed by atoms with E-state index in [0.29, 0.717) is 17.0 Å². The van der Waals surface area contributed by atoms with Crippen LogP contribution in [-0.4, -0.2) is 28.7 Å². The molecule has 0 saturated carbocycles. The van der Waals surface area contributed by atoms with Crippen LogP contribution in [0.4, 0.5) is 0 Å². The van der Waals surface area contributed by atoms with Crippen LogP contribution in [0.5, 0.6) is 0 Å². The molecule has 8 bridgehead atoms. The highest BCUT2D eigenvalue weighted by Crippen LogP contribution is 2.47. The first kappa shape index (κ1) is 31.4. The molecule has 52 heavy (non-hydrogen) atoms. The van der Waals surface area contributed by atoms with Gasteiger partial charge in [-0.25, -0.2) is 14.2 Å². The molecule has 0 spiro atoms. The number of aromatic nitrogens is 4. The minimum absolute atomic E-state index is 0.136. The van der Waals surface area contributed by atoms with Gasteiger partial charge in [0.05, 0.1) is 28.2 Å². The Kier molecular flexibility index (Phi) is 8.00. The third-order valence-corrected chi connectivity index (χ3v) is 9.45. The zero-order valence-corrected chi connectivity index (χ0v) is 28.4. The topological polar surface area (TPSA) is 107 Å². The van der Waals surface area contributed by atoms with Crippen molar-refractivity contribution in [3.63, 3.8) is 0 Å². The predicted molar refractivity (Wildman–Crippen MR) is 209 cm³/mol. The van der Waals surface area contributed by atoms with Crippen molar-refractivity contribution in [1.29, 1.82) is 0 Å². The van der Waals surface area contributed by atoms with Crippen molar-refractivity contribution in [2.24, 2.45) is 0 Å². The van der Waals surface area contributed by atoms with Crippen LogP contribution in [0.1, 0.15) is 28.3 Å². The first-order valence-electron chi connectivity index (χ1n) is 16.8. The molecule has 1 atom stereocenters. The number of nitrogens with one attached hydrogen (secondary N) is 2. The van der Waals surface area contributed by atoms with Gasteiger partial charge < -0.3 is 18.7 Å². The smallest absolute Gasteiger partial charge is 0.174 e. The van der Waals surface area contributed by atoms with Gasteiger partial charge in [-0.15, -0.1) is 0 Å². The number of nitrogens with zero attached hydrogens (tertiary/aromatic N) is 2. The van der Waals surface area contributed by atoms with Crippen molar-refractivity contribution in [2.45, 2.75) is 0 Å². The van der Waals surface area contributed by atoms with Crippen molar-refractivity contribution in [2.75, 3.05) is 0 Å². The third kappa shape index (κ3) is 5.86. The van der Waals surface area contributed by atoms with Gasteiger partial charge in [0.1, 0.15) is 17.1 Å².